The van der Waals surface area contributed by atoms with Crippen molar-refractivity contribution >= 4 is 33.2 Å². The van der Waals surface area contributed by atoms with E-state index in [1.165, 1.54) is 23.5 Å². The van der Waals surface area contributed by atoms with Gasteiger partial charge in [0.2, 0.25) is 0 Å². The van der Waals surface area contributed by atoms with Crippen molar-refractivity contribution in [2.24, 2.45) is 0 Å². The fourth-order valence-corrected chi connectivity index (χ4v) is 5.21. The van der Waals surface area contributed by atoms with Crippen LogP contribution in [0.2, 0.25) is 5.02 Å². The smallest absolute Gasteiger partial charge is 0.264 e. The normalized spacial score (nSPS) is 15.1. The number of nitrogens with zero attached hydrogens (tertiary/aromatic N) is 1. The van der Waals surface area contributed by atoms with E-state index < -0.39 is 22.0 Å². The minimum Gasteiger partial charge on any atom is -0.497 e. The van der Waals surface area contributed by atoms with E-state index in [0.29, 0.717) is 28.0 Å². The van der Waals surface area contributed by atoms with Gasteiger partial charge in [-0.3, -0.25) is 9.10 Å². The fourth-order valence-electron chi connectivity index (χ4n) is 3.56. The van der Waals surface area contributed by atoms with Gasteiger partial charge in [-0.25, -0.2) is 8.42 Å². The lowest BCUT2D eigenvalue weighted by Crippen LogP contribution is -2.51. The first-order valence-electron chi connectivity index (χ1n) is 10.9. The van der Waals surface area contributed by atoms with Crippen molar-refractivity contribution in [3.05, 3.63) is 77.3 Å². The number of benzene rings is 3. The first-order chi connectivity index (χ1) is 16.8. The molecule has 0 saturated heterocycles. The number of methoxy groups -OCH3 is 1. The summed E-state index contributed by atoms with van der Waals surface area (Å²) in [4.78, 5) is 12.9. The van der Waals surface area contributed by atoms with Crippen LogP contribution in [0.5, 0.6) is 17.2 Å². The van der Waals surface area contributed by atoms with E-state index in [4.69, 9.17) is 25.8 Å². The van der Waals surface area contributed by atoms with E-state index in [2.05, 4.69) is 5.32 Å². The van der Waals surface area contributed by atoms with Crippen molar-refractivity contribution in [2.45, 2.75) is 17.9 Å². The summed E-state index contributed by atoms with van der Waals surface area (Å²) in [5.74, 6) is 0.995. The predicted molar refractivity (Wildman–Crippen MR) is 133 cm³/mol. The standard InChI is InChI=1S/C25H25ClN2O6S/c1-17-7-8-19(15-21(17)26)33-14-13-27-25(29)24-16-28(22-5-3-4-6-23(22)34-24)35(30,31)20-11-9-18(32-2)10-12-20/h3-12,15,24H,13-14,16H2,1-2H3,(H,27,29)/t24-/m1/s1. The van der Waals surface area contributed by atoms with Crippen LogP contribution < -0.4 is 23.8 Å². The van der Waals surface area contributed by atoms with Crippen molar-refractivity contribution < 1.29 is 27.4 Å². The Hall–Kier alpha value is -3.43. The van der Waals surface area contributed by atoms with E-state index in [1.807, 2.05) is 13.0 Å². The molecule has 8 nitrogen and oxygen atoms in total. The molecule has 0 aliphatic carbocycles. The monoisotopic (exact) mass is 516 g/mol. The van der Waals surface area contributed by atoms with Crippen LogP contribution in [-0.2, 0) is 14.8 Å². The fraction of sp³-hybridized carbons (Fsp3) is 0.240. The number of hydrogen-bond acceptors (Lipinski definition) is 6. The second-order valence-electron chi connectivity index (χ2n) is 7.84. The molecule has 0 aromatic heterocycles. The van der Waals surface area contributed by atoms with Gasteiger partial charge in [0.15, 0.2) is 6.10 Å². The number of sulfonamides is 1. The molecule has 0 saturated carbocycles. The van der Waals surface area contributed by atoms with Gasteiger partial charge in [-0.15, -0.1) is 0 Å². The van der Waals surface area contributed by atoms with E-state index in [1.54, 1.807) is 48.5 Å². The quantitative estimate of drug-likeness (QED) is 0.458. The Morgan fingerprint density at radius 3 is 2.54 bits per heavy atom. The van der Waals surface area contributed by atoms with Gasteiger partial charge >= 0.3 is 0 Å². The SMILES string of the molecule is COc1ccc(S(=O)(=O)N2C[C@H](C(=O)NCCOc3ccc(C)c(Cl)c3)Oc3ccccc32)cc1. The molecule has 1 N–H and O–H groups in total. The zero-order valence-corrected chi connectivity index (χ0v) is 20.8. The molecule has 35 heavy (non-hydrogen) atoms. The molecule has 1 heterocycles. The van der Waals surface area contributed by atoms with E-state index in [9.17, 15) is 13.2 Å². The number of ether oxygens (including phenoxy) is 3. The van der Waals surface area contributed by atoms with Crippen LogP contribution in [0.25, 0.3) is 0 Å². The average Bonchev–Trinajstić information content (AvgIpc) is 2.87. The number of para-hydroxylation sites is 2. The molecule has 1 aliphatic heterocycles. The molecule has 0 fully saturated rings. The van der Waals surface area contributed by atoms with E-state index in [-0.39, 0.29) is 24.6 Å². The van der Waals surface area contributed by atoms with E-state index >= 15 is 0 Å². The third kappa shape index (κ3) is 5.47. The minimum atomic E-state index is -3.96. The first kappa shape index (κ1) is 24.7. The summed E-state index contributed by atoms with van der Waals surface area (Å²) >= 11 is 6.10. The lowest BCUT2D eigenvalue weighted by molar-refractivity contribution is -0.127. The molecule has 1 amide bonds. The number of fused-ring (bicyclic) bond motifs is 1. The number of amides is 1. The van der Waals surface area contributed by atoms with Gasteiger partial charge in [-0.1, -0.05) is 29.8 Å². The topological polar surface area (TPSA) is 94.2 Å². The first-order valence-corrected chi connectivity index (χ1v) is 12.7. The molecular formula is C25H25ClN2O6S. The highest BCUT2D eigenvalue weighted by Crippen LogP contribution is 2.37. The van der Waals surface area contributed by atoms with Crippen LogP contribution in [0, 0.1) is 6.92 Å². The molecule has 4 rings (SSSR count). The molecule has 3 aromatic rings. The highest BCUT2D eigenvalue weighted by molar-refractivity contribution is 7.92. The van der Waals surface area contributed by atoms with Crippen LogP contribution in [0.3, 0.4) is 0 Å². The lowest BCUT2D eigenvalue weighted by Gasteiger charge is -2.34. The summed E-state index contributed by atoms with van der Waals surface area (Å²) in [5.41, 5.74) is 1.31. The van der Waals surface area contributed by atoms with Gasteiger partial charge in [-0.05, 0) is 61.0 Å². The molecule has 0 spiro atoms. The summed E-state index contributed by atoms with van der Waals surface area (Å²) in [6.45, 7) is 2.14. The third-order valence-electron chi connectivity index (χ3n) is 5.49. The van der Waals surface area contributed by atoms with Crippen molar-refractivity contribution in [1.29, 1.82) is 0 Å². The van der Waals surface area contributed by atoms with Crippen LogP contribution in [0.4, 0.5) is 5.69 Å². The maximum atomic E-state index is 13.5. The number of halogens is 1. The largest absolute Gasteiger partial charge is 0.497 e. The van der Waals surface area contributed by atoms with Crippen LogP contribution in [-0.4, -0.2) is 47.2 Å². The number of carbonyl (C=O) groups excluding carboxylic acids is 1. The second-order valence-corrected chi connectivity index (χ2v) is 10.1. The van der Waals surface area contributed by atoms with E-state index in [0.717, 1.165) is 5.56 Å². The van der Waals surface area contributed by atoms with Crippen molar-refractivity contribution in [3.8, 4) is 17.2 Å². The summed E-state index contributed by atoms with van der Waals surface area (Å²) in [6, 6.07) is 18.2. The predicted octanol–water partition coefficient (Wildman–Crippen LogP) is 3.81. The molecule has 3 aromatic carbocycles. The van der Waals surface area contributed by atoms with Crippen molar-refractivity contribution in [1.82, 2.24) is 5.32 Å². The maximum absolute atomic E-state index is 13.5. The zero-order valence-electron chi connectivity index (χ0n) is 19.2. The van der Waals surface area contributed by atoms with Gasteiger partial charge in [-0.2, -0.15) is 0 Å². The molecule has 1 aliphatic rings. The van der Waals surface area contributed by atoms with Gasteiger partial charge in [0.1, 0.15) is 23.9 Å². The van der Waals surface area contributed by atoms with Gasteiger partial charge in [0.25, 0.3) is 15.9 Å². The summed E-state index contributed by atoms with van der Waals surface area (Å²) in [5, 5.41) is 3.34. The summed E-state index contributed by atoms with van der Waals surface area (Å²) < 4.78 is 44.7. The molecule has 10 heteroatoms. The van der Waals surface area contributed by atoms with Crippen molar-refractivity contribution in [2.75, 3.05) is 31.1 Å². The van der Waals surface area contributed by atoms with Crippen LogP contribution in [0.1, 0.15) is 5.56 Å². The Labute approximate surface area is 209 Å². The number of nitrogens with one attached hydrogen (secondary N) is 1. The Morgan fingerprint density at radius 1 is 1.11 bits per heavy atom. The van der Waals surface area contributed by atoms with Crippen LogP contribution in [0.15, 0.2) is 71.6 Å². The average molecular weight is 517 g/mol. The molecule has 0 radical (unpaired) electrons. The highest BCUT2D eigenvalue weighted by atomic mass is 35.5. The van der Waals surface area contributed by atoms with Gasteiger partial charge in [0, 0.05) is 5.02 Å². The minimum absolute atomic E-state index is 0.0827. The molecule has 1 atom stereocenters. The number of hydrogen-bond donors (Lipinski definition) is 1. The summed E-state index contributed by atoms with van der Waals surface area (Å²) in [6.07, 6.45) is -1.04. The molecular weight excluding hydrogens is 492 g/mol. The molecule has 0 bridgehead atoms. The van der Waals surface area contributed by atoms with Gasteiger partial charge in [0.05, 0.1) is 30.8 Å². The zero-order chi connectivity index (χ0) is 25.0. The van der Waals surface area contributed by atoms with Crippen LogP contribution >= 0.6 is 11.6 Å². The molecule has 0 unspecified atom stereocenters. The summed E-state index contributed by atoms with van der Waals surface area (Å²) in [7, 11) is -2.45. The number of rotatable bonds is 8. The highest BCUT2D eigenvalue weighted by Gasteiger charge is 2.37. The van der Waals surface area contributed by atoms with Crippen molar-refractivity contribution in [3.63, 3.8) is 0 Å². The Balaban J connectivity index is 1.45. The number of anilines is 1. The molecule has 184 valence electrons. The lowest BCUT2D eigenvalue weighted by atomic mass is 10.2. The third-order valence-corrected chi connectivity index (χ3v) is 7.69. The Bertz CT molecular complexity index is 1310. The number of aryl methyl sites for hydroxylation is 1. The van der Waals surface area contributed by atoms with Gasteiger partial charge < -0.3 is 19.5 Å². The Morgan fingerprint density at radius 2 is 1.83 bits per heavy atom. The number of carbonyl (C=O) groups is 1. The second kappa shape index (κ2) is 10.5. The maximum Gasteiger partial charge on any atom is 0.264 e. The Kier molecular flexibility index (Phi) is 7.37.